The second kappa shape index (κ2) is 5.88. The van der Waals surface area contributed by atoms with E-state index in [0.29, 0.717) is 5.69 Å². The number of nitrogens with one attached hydrogen (secondary N) is 1. The van der Waals surface area contributed by atoms with Crippen molar-refractivity contribution in [2.45, 2.75) is 6.54 Å². The molecule has 2 rings (SSSR count). The van der Waals surface area contributed by atoms with E-state index in [1.54, 1.807) is 6.07 Å². The van der Waals surface area contributed by atoms with Gasteiger partial charge in [-0.1, -0.05) is 17.7 Å². The average molecular weight is 298 g/mol. The number of aromatic carboxylic acids is 1. The van der Waals surface area contributed by atoms with Gasteiger partial charge in [-0.2, -0.15) is 0 Å². The first-order chi connectivity index (χ1) is 9.49. The summed E-state index contributed by atoms with van der Waals surface area (Å²) < 4.78 is 26.8. The van der Waals surface area contributed by atoms with Gasteiger partial charge in [0.15, 0.2) is 0 Å². The molecule has 2 aromatic carbocycles. The molecular weight excluding hydrogens is 288 g/mol. The van der Waals surface area contributed by atoms with Crippen molar-refractivity contribution >= 4 is 23.3 Å². The Morgan fingerprint density at radius 1 is 1.20 bits per heavy atom. The highest BCUT2D eigenvalue weighted by molar-refractivity contribution is 6.31. The van der Waals surface area contributed by atoms with Crippen LogP contribution in [0.4, 0.5) is 14.5 Å². The molecule has 0 unspecified atom stereocenters. The number of carbonyl (C=O) groups is 1. The van der Waals surface area contributed by atoms with Crippen LogP contribution in [-0.4, -0.2) is 11.1 Å². The molecule has 0 heterocycles. The van der Waals surface area contributed by atoms with Crippen molar-refractivity contribution in [2.24, 2.45) is 0 Å². The average Bonchev–Trinajstić information content (AvgIpc) is 2.39. The third-order valence-electron chi connectivity index (χ3n) is 2.73. The van der Waals surface area contributed by atoms with E-state index < -0.39 is 23.2 Å². The third-order valence-corrected chi connectivity index (χ3v) is 3.08. The maximum atomic E-state index is 13.5. The van der Waals surface area contributed by atoms with Gasteiger partial charge in [-0.15, -0.1) is 0 Å². The first-order valence-corrected chi connectivity index (χ1v) is 6.06. The Bertz CT molecular complexity index is 641. The smallest absolute Gasteiger partial charge is 0.338 e. The van der Waals surface area contributed by atoms with Crippen LogP contribution in [-0.2, 0) is 6.54 Å². The molecule has 0 spiro atoms. The SMILES string of the molecule is O=C(O)c1cc(NCc2c(F)cccc2Cl)ccc1F. The summed E-state index contributed by atoms with van der Waals surface area (Å²) in [7, 11) is 0. The Morgan fingerprint density at radius 2 is 1.95 bits per heavy atom. The summed E-state index contributed by atoms with van der Waals surface area (Å²) in [6, 6.07) is 7.87. The lowest BCUT2D eigenvalue weighted by Crippen LogP contribution is -2.05. The molecule has 20 heavy (non-hydrogen) atoms. The van der Waals surface area contributed by atoms with Crippen LogP contribution in [0.5, 0.6) is 0 Å². The van der Waals surface area contributed by atoms with Gasteiger partial charge in [-0.05, 0) is 30.3 Å². The molecule has 0 bridgehead atoms. The molecule has 104 valence electrons. The van der Waals surface area contributed by atoms with Crippen molar-refractivity contribution in [1.29, 1.82) is 0 Å². The van der Waals surface area contributed by atoms with E-state index in [0.717, 1.165) is 12.1 Å². The molecule has 3 nitrogen and oxygen atoms in total. The lowest BCUT2D eigenvalue weighted by molar-refractivity contribution is 0.0692. The first kappa shape index (κ1) is 14.3. The van der Waals surface area contributed by atoms with Crippen molar-refractivity contribution in [3.8, 4) is 0 Å². The summed E-state index contributed by atoms with van der Waals surface area (Å²) in [6.45, 7) is 0.0657. The molecular formula is C14H10ClF2NO2. The second-order valence-electron chi connectivity index (χ2n) is 4.05. The minimum absolute atomic E-state index is 0.0657. The summed E-state index contributed by atoms with van der Waals surface area (Å²) in [5.41, 5.74) is 0.174. The van der Waals surface area contributed by atoms with Crippen molar-refractivity contribution < 1.29 is 18.7 Å². The van der Waals surface area contributed by atoms with Crippen molar-refractivity contribution in [3.63, 3.8) is 0 Å². The maximum Gasteiger partial charge on any atom is 0.338 e. The van der Waals surface area contributed by atoms with Gasteiger partial charge in [0.05, 0.1) is 5.56 Å². The Morgan fingerprint density at radius 3 is 2.60 bits per heavy atom. The fourth-order valence-corrected chi connectivity index (χ4v) is 1.92. The van der Waals surface area contributed by atoms with E-state index in [4.69, 9.17) is 16.7 Å². The standard InChI is InChI=1S/C14H10ClF2NO2/c15-11-2-1-3-12(16)10(11)7-18-8-4-5-13(17)9(6-8)14(19)20/h1-6,18H,7H2,(H,19,20). The number of hydrogen-bond donors (Lipinski definition) is 2. The van der Waals surface area contributed by atoms with Crippen LogP contribution in [0.15, 0.2) is 36.4 Å². The van der Waals surface area contributed by atoms with Crippen LogP contribution < -0.4 is 5.32 Å². The Balaban J connectivity index is 2.19. The topological polar surface area (TPSA) is 49.3 Å². The fraction of sp³-hybridized carbons (Fsp3) is 0.0714. The molecule has 0 saturated heterocycles. The third kappa shape index (κ3) is 3.05. The molecule has 0 aliphatic carbocycles. The number of benzene rings is 2. The van der Waals surface area contributed by atoms with E-state index in [-0.39, 0.29) is 17.1 Å². The highest BCUT2D eigenvalue weighted by Crippen LogP contribution is 2.21. The van der Waals surface area contributed by atoms with Gasteiger partial charge in [-0.3, -0.25) is 0 Å². The second-order valence-corrected chi connectivity index (χ2v) is 4.46. The fourth-order valence-electron chi connectivity index (χ4n) is 1.69. The highest BCUT2D eigenvalue weighted by atomic mass is 35.5. The number of hydrogen-bond acceptors (Lipinski definition) is 2. The quantitative estimate of drug-likeness (QED) is 0.899. The van der Waals surface area contributed by atoms with Gasteiger partial charge in [-0.25, -0.2) is 13.6 Å². The van der Waals surface area contributed by atoms with Gasteiger partial charge in [0.25, 0.3) is 0 Å². The van der Waals surface area contributed by atoms with Crippen LogP contribution in [0, 0.1) is 11.6 Å². The molecule has 0 aromatic heterocycles. The summed E-state index contributed by atoms with van der Waals surface area (Å²) in [4.78, 5) is 10.8. The van der Waals surface area contributed by atoms with Crippen LogP contribution in [0.1, 0.15) is 15.9 Å². The molecule has 0 radical (unpaired) electrons. The van der Waals surface area contributed by atoms with Crippen LogP contribution in [0.3, 0.4) is 0 Å². The first-order valence-electron chi connectivity index (χ1n) is 5.68. The van der Waals surface area contributed by atoms with E-state index >= 15 is 0 Å². The summed E-state index contributed by atoms with van der Waals surface area (Å²) in [6.07, 6.45) is 0. The predicted molar refractivity (Wildman–Crippen MR) is 72.1 cm³/mol. The van der Waals surface area contributed by atoms with E-state index in [1.807, 2.05) is 0 Å². The monoisotopic (exact) mass is 297 g/mol. The number of carboxylic acids is 1. The van der Waals surface area contributed by atoms with Gasteiger partial charge in [0.1, 0.15) is 11.6 Å². The van der Waals surface area contributed by atoms with Crippen molar-refractivity contribution in [3.05, 3.63) is 64.2 Å². The Hall–Kier alpha value is -2.14. The zero-order valence-corrected chi connectivity index (χ0v) is 10.9. The van der Waals surface area contributed by atoms with Crippen LogP contribution >= 0.6 is 11.6 Å². The molecule has 0 aliphatic rings. The summed E-state index contributed by atoms with van der Waals surface area (Å²) in [5, 5.41) is 11.9. The molecule has 0 saturated carbocycles. The van der Waals surface area contributed by atoms with Crippen molar-refractivity contribution in [1.82, 2.24) is 0 Å². The molecule has 0 amide bonds. The summed E-state index contributed by atoms with van der Waals surface area (Å²) >= 11 is 5.87. The van der Waals surface area contributed by atoms with E-state index in [2.05, 4.69) is 5.32 Å². The maximum absolute atomic E-state index is 13.5. The lowest BCUT2D eigenvalue weighted by atomic mass is 10.1. The highest BCUT2D eigenvalue weighted by Gasteiger charge is 2.11. The van der Waals surface area contributed by atoms with E-state index in [1.165, 1.54) is 18.2 Å². The largest absolute Gasteiger partial charge is 0.478 e. The number of carboxylic acid groups (broad SMARTS) is 1. The number of anilines is 1. The summed E-state index contributed by atoms with van der Waals surface area (Å²) in [5.74, 6) is -2.66. The number of rotatable bonds is 4. The molecule has 0 atom stereocenters. The Kier molecular flexibility index (Phi) is 4.20. The Labute approximate surface area is 118 Å². The molecule has 6 heteroatoms. The minimum Gasteiger partial charge on any atom is -0.478 e. The normalized spacial score (nSPS) is 10.3. The van der Waals surface area contributed by atoms with Gasteiger partial charge in [0, 0.05) is 22.8 Å². The number of halogens is 3. The lowest BCUT2D eigenvalue weighted by Gasteiger charge is -2.10. The molecule has 2 N–H and O–H groups in total. The molecule has 0 fully saturated rings. The molecule has 0 aliphatic heterocycles. The zero-order valence-electron chi connectivity index (χ0n) is 10.2. The molecule has 2 aromatic rings. The van der Waals surface area contributed by atoms with Crippen molar-refractivity contribution in [2.75, 3.05) is 5.32 Å². The van der Waals surface area contributed by atoms with Gasteiger partial charge >= 0.3 is 5.97 Å². The van der Waals surface area contributed by atoms with E-state index in [9.17, 15) is 13.6 Å². The van der Waals surface area contributed by atoms with Gasteiger partial charge in [0.2, 0.25) is 0 Å². The van der Waals surface area contributed by atoms with Crippen LogP contribution in [0.2, 0.25) is 5.02 Å². The minimum atomic E-state index is -1.37. The van der Waals surface area contributed by atoms with Gasteiger partial charge < -0.3 is 10.4 Å². The predicted octanol–water partition coefficient (Wildman–Crippen LogP) is 3.93. The zero-order chi connectivity index (χ0) is 14.7. The van der Waals surface area contributed by atoms with Crippen LogP contribution in [0.25, 0.3) is 0 Å².